The number of rotatable bonds is 5. The first-order valence-electron chi connectivity index (χ1n) is 4.19. The topological polar surface area (TPSA) is 52.6 Å². The van der Waals surface area contributed by atoms with Crippen molar-refractivity contribution in [2.24, 2.45) is 5.92 Å². The Morgan fingerprint density at radius 1 is 1.31 bits per heavy atom. The first-order valence-corrected chi connectivity index (χ1v) is 4.86. The lowest BCUT2D eigenvalue weighted by atomic mass is 10.1. The van der Waals surface area contributed by atoms with Gasteiger partial charge < -0.3 is 8.37 Å². The highest BCUT2D eigenvalue weighted by Gasteiger charge is 2.13. The van der Waals surface area contributed by atoms with Crippen LogP contribution in [0.15, 0.2) is 0 Å². The number of hydrogen-bond acceptors (Lipinski definition) is 5. The lowest BCUT2D eigenvalue weighted by Crippen LogP contribution is -2.11. The van der Waals surface area contributed by atoms with E-state index in [1.165, 1.54) is 0 Å². The van der Waals surface area contributed by atoms with Gasteiger partial charge in [0.15, 0.2) is 0 Å². The van der Waals surface area contributed by atoms with Crippen LogP contribution in [0.4, 0.5) is 0 Å². The third-order valence-electron chi connectivity index (χ3n) is 1.55. The van der Waals surface area contributed by atoms with Crippen LogP contribution in [0.25, 0.3) is 0 Å². The second-order valence-corrected chi connectivity index (χ2v) is 3.06. The summed E-state index contributed by atoms with van der Waals surface area (Å²) in [5, 5.41) is 0. The summed E-state index contributed by atoms with van der Waals surface area (Å²) >= 11 is 0.439. The zero-order valence-corrected chi connectivity index (χ0v) is 8.85. The van der Waals surface area contributed by atoms with Crippen molar-refractivity contribution in [3.05, 3.63) is 0 Å². The molecule has 0 aromatic carbocycles. The van der Waals surface area contributed by atoms with E-state index in [0.29, 0.717) is 18.7 Å². The van der Waals surface area contributed by atoms with Crippen LogP contribution >= 0.6 is 12.3 Å². The second kappa shape index (κ2) is 6.77. The van der Waals surface area contributed by atoms with Gasteiger partial charge >= 0.3 is 11.9 Å². The van der Waals surface area contributed by atoms with Gasteiger partial charge in [-0.25, -0.2) is 0 Å². The Morgan fingerprint density at radius 3 is 2.38 bits per heavy atom. The van der Waals surface area contributed by atoms with Crippen LogP contribution in [-0.4, -0.2) is 11.9 Å². The average molecular weight is 206 g/mol. The molecule has 5 heteroatoms. The maximum absolute atomic E-state index is 11.0. The Kier molecular flexibility index (Phi) is 6.40. The standard InChI is InChI=1S/C8H14O4S/c1-4-6(3)8(10)12-13-11-7(9)5-2/h6H,4-5H2,1-3H3. The monoisotopic (exact) mass is 206 g/mol. The number of carbonyl (C=O) groups is 2. The molecule has 1 unspecified atom stereocenters. The van der Waals surface area contributed by atoms with Gasteiger partial charge in [-0.15, -0.1) is 0 Å². The third kappa shape index (κ3) is 5.52. The first-order chi connectivity index (χ1) is 6.11. The summed E-state index contributed by atoms with van der Waals surface area (Å²) in [6, 6.07) is 0. The van der Waals surface area contributed by atoms with Crippen molar-refractivity contribution in [2.75, 3.05) is 0 Å². The van der Waals surface area contributed by atoms with Crippen LogP contribution in [0.5, 0.6) is 0 Å². The molecule has 0 radical (unpaired) electrons. The van der Waals surface area contributed by atoms with Gasteiger partial charge in [0.2, 0.25) is 0 Å². The second-order valence-electron chi connectivity index (χ2n) is 2.59. The van der Waals surface area contributed by atoms with Gasteiger partial charge in [-0.3, -0.25) is 9.59 Å². The molecule has 0 saturated carbocycles. The molecule has 0 aromatic heterocycles. The predicted molar refractivity (Wildman–Crippen MR) is 49.5 cm³/mol. The van der Waals surface area contributed by atoms with Crippen LogP contribution in [0.3, 0.4) is 0 Å². The van der Waals surface area contributed by atoms with E-state index in [0.717, 1.165) is 0 Å². The summed E-state index contributed by atoms with van der Waals surface area (Å²) < 4.78 is 9.09. The molecule has 0 rings (SSSR count). The molecule has 0 saturated heterocycles. The minimum atomic E-state index is -0.401. The van der Waals surface area contributed by atoms with Crippen molar-refractivity contribution in [3.63, 3.8) is 0 Å². The van der Waals surface area contributed by atoms with Gasteiger partial charge in [0.05, 0.1) is 5.92 Å². The highest BCUT2D eigenvalue weighted by molar-refractivity contribution is 7.90. The predicted octanol–water partition coefficient (Wildman–Crippen LogP) is 2.09. The summed E-state index contributed by atoms with van der Waals surface area (Å²) in [5.74, 6) is -0.925. The van der Waals surface area contributed by atoms with Gasteiger partial charge in [-0.1, -0.05) is 20.8 Å². The van der Waals surface area contributed by atoms with E-state index in [2.05, 4.69) is 8.37 Å². The summed E-state index contributed by atoms with van der Waals surface area (Å²) in [7, 11) is 0. The normalized spacial score (nSPS) is 11.9. The highest BCUT2D eigenvalue weighted by Crippen LogP contribution is 2.12. The molecular formula is C8H14O4S. The smallest absolute Gasteiger partial charge is 0.323 e. The van der Waals surface area contributed by atoms with Crippen molar-refractivity contribution in [1.29, 1.82) is 0 Å². The average Bonchev–Trinajstić information content (AvgIpc) is 2.15. The summed E-state index contributed by atoms with van der Waals surface area (Å²) in [6.07, 6.45) is 0.981. The molecule has 13 heavy (non-hydrogen) atoms. The zero-order valence-electron chi connectivity index (χ0n) is 8.03. The van der Waals surface area contributed by atoms with Crippen molar-refractivity contribution in [2.45, 2.75) is 33.6 Å². The number of carbonyl (C=O) groups excluding carboxylic acids is 2. The Balaban J connectivity index is 3.53. The van der Waals surface area contributed by atoms with E-state index in [4.69, 9.17) is 0 Å². The molecule has 0 N–H and O–H groups in total. The Morgan fingerprint density at radius 2 is 1.92 bits per heavy atom. The molecule has 0 bridgehead atoms. The molecule has 0 spiro atoms. The van der Waals surface area contributed by atoms with Crippen LogP contribution in [-0.2, 0) is 18.0 Å². The quantitative estimate of drug-likeness (QED) is 0.645. The van der Waals surface area contributed by atoms with Gasteiger partial charge in [0.1, 0.15) is 0 Å². The highest BCUT2D eigenvalue weighted by atomic mass is 32.2. The largest absolute Gasteiger partial charge is 0.355 e. The van der Waals surface area contributed by atoms with Gasteiger partial charge in [-0.2, -0.15) is 0 Å². The van der Waals surface area contributed by atoms with Crippen LogP contribution in [0.1, 0.15) is 33.6 Å². The fourth-order valence-electron chi connectivity index (χ4n) is 0.396. The molecule has 4 nitrogen and oxygen atoms in total. The molecule has 0 aliphatic heterocycles. The molecule has 0 amide bonds. The minimum absolute atomic E-state index is 0.159. The minimum Gasteiger partial charge on any atom is -0.355 e. The maximum atomic E-state index is 11.0. The summed E-state index contributed by atoms with van der Waals surface area (Å²) in [5.41, 5.74) is 0. The molecule has 0 heterocycles. The Bertz CT molecular complexity index is 181. The molecule has 1 atom stereocenters. The van der Waals surface area contributed by atoms with E-state index in [1.54, 1.807) is 13.8 Å². The summed E-state index contributed by atoms with van der Waals surface area (Å²) in [6.45, 7) is 5.30. The Labute approximate surface area is 82.4 Å². The lowest BCUT2D eigenvalue weighted by molar-refractivity contribution is -0.138. The maximum Gasteiger partial charge on any atom is 0.323 e. The van der Waals surface area contributed by atoms with E-state index < -0.39 is 5.97 Å². The fourth-order valence-corrected chi connectivity index (χ4v) is 0.855. The zero-order chi connectivity index (χ0) is 10.3. The van der Waals surface area contributed by atoms with E-state index in [1.807, 2.05) is 6.92 Å². The fraction of sp³-hybridized carbons (Fsp3) is 0.750. The van der Waals surface area contributed by atoms with Crippen molar-refractivity contribution in [1.82, 2.24) is 0 Å². The third-order valence-corrected chi connectivity index (χ3v) is 2.03. The molecule has 76 valence electrons. The molecule has 0 fully saturated rings. The van der Waals surface area contributed by atoms with Gasteiger partial charge in [0, 0.05) is 6.42 Å². The van der Waals surface area contributed by atoms with Crippen molar-refractivity contribution < 1.29 is 18.0 Å². The number of hydrogen-bond donors (Lipinski definition) is 0. The van der Waals surface area contributed by atoms with Crippen molar-refractivity contribution in [3.8, 4) is 0 Å². The van der Waals surface area contributed by atoms with Crippen LogP contribution in [0.2, 0.25) is 0 Å². The van der Waals surface area contributed by atoms with E-state index in [-0.39, 0.29) is 18.3 Å². The molecular weight excluding hydrogens is 192 g/mol. The van der Waals surface area contributed by atoms with E-state index >= 15 is 0 Å². The first kappa shape index (κ1) is 12.3. The van der Waals surface area contributed by atoms with Gasteiger partial charge in [0.25, 0.3) is 12.3 Å². The van der Waals surface area contributed by atoms with Crippen LogP contribution in [0, 0.1) is 5.92 Å². The Hall–Kier alpha value is -0.710. The molecule has 0 aliphatic rings. The summed E-state index contributed by atoms with van der Waals surface area (Å²) in [4.78, 5) is 21.6. The van der Waals surface area contributed by atoms with Gasteiger partial charge in [-0.05, 0) is 6.42 Å². The van der Waals surface area contributed by atoms with Crippen LogP contribution < -0.4 is 0 Å². The SMILES string of the molecule is CCC(=O)OSOC(=O)C(C)CC. The molecule has 0 aromatic rings. The molecule has 0 aliphatic carbocycles. The van der Waals surface area contributed by atoms with Crippen molar-refractivity contribution >= 4 is 24.3 Å². The van der Waals surface area contributed by atoms with E-state index in [9.17, 15) is 9.59 Å². The lowest BCUT2D eigenvalue weighted by Gasteiger charge is -2.05.